The van der Waals surface area contributed by atoms with Crippen LogP contribution in [-0.2, 0) is 23.7 Å². The smallest absolute Gasteiger partial charge is 0.220 e. The lowest BCUT2D eigenvalue weighted by Gasteiger charge is -2.46. The van der Waals surface area contributed by atoms with Gasteiger partial charge < -0.3 is 65.1 Å². The number of rotatable bonds is 52. The van der Waals surface area contributed by atoms with E-state index >= 15 is 0 Å². The Labute approximate surface area is 474 Å². The molecule has 0 radical (unpaired) electrons. The molecule has 2 heterocycles. The summed E-state index contributed by atoms with van der Waals surface area (Å²) in [6.45, 7) is 2.74. The summed E-state index contributed by atoms with van der Waals surface area (Å²) >= 11 is 0. The Morgan fingerprint density at radius 1 is 0.474 bits per heavy atom. The highest BCUT2D eigenvalue weighted by Crippen LogP contribution is 2.30. The number of aliphatic hydroxyl groups is 8. The molecular formula is C64H119NO13. The van der Waals surface area contributed by atoms with Gasteiger partial charge in [-0.1, -0.05) is 256 Å². The van der Waals surface area contributed by atoms with Gasteiger partial charge in [-0.05, 0) is 44.9 Å². The van der Waals surface area contributed by atoms with Gasteiger partial charge in [0, 0.05) is 6.42 Å². The van der Waals surface area contributed by atoms with Crippen molar-refractivity contribution < 1.29 is 64.6 Å². The van der Waals surface area contributed by atoms with E-state index in [9.17, 15) is 45.6 Å². The van der Waals surface area contributed by atoms with Crippen LogP contribution in [0.25, 0.3) is 0 Å². The average molecular weight is 1110 g/mol. The molecule has 12 unspecified atom stereocenters. The van der Waals surface area contributed by atoms with Crippen molar-refractivity contribution in [1.82, 2.24) is 5.32 Å². The lowest BCUT2D eigenvalue weighted by atomic mass is 9.97. The highest BCUT2D eigenvalue weighted by atomic mass is 16.7. The molecule has 2 aliphatic rings. The molecule has 0 spiro atoms. The number of carbonyl (C=O) groups excluding carboxylic acids is 1. The minimum atomic E-state index is -1.79. The lowest BCUT2D eigenvalue weighted by Crippen LogP contribution is -2.65. The predicted molar refractivity (Wildman–Crippen MR) is 314 cm³/mol. The molecule has 14 nitrogen and oxygen atoms in total. The first-order chi connectivity index (χ1) is 38.1. The summed E-state index contributed by atoms with van der Waals surface area (Å²) in [7, 11) is 0. The van der Waals surface area contributed by atoms with Crippen LogP contribution in [0.1, 0.15) is 271 Å². The van der Waals surface area contributed by atoms with Crippen molar-refractivity contribution in [2.45, 2.75) is 344 Å². The van der Waals surface area contributed by atoms with E-state index in [-0.39, 0.29) is 18.9 Å². The fraction of sp³-hybridized carbons (Fsp3) is 0.891. The summed E-state index contributed by atoms with van der Waals surface area (Å²) < 4.78 is 22.8. The number of unbranched alkanes of at least 4 members (excludes halogenated alkanes) is 33. The molecule has 0 bridgehead atoms. The summed E-state index contributed by atoms with van der Waals surface area (Å²) in [5.41, 5.74) is 0. The van der Waals surface area contributed by atoms with Gasteiger partial charge in [0.2, 0.25) is 5.91 Å². The summed E-state index contributed by atoms with van der Waals surface area (Å²) in [6.07, 6.45) is 44.7. The molecule has 14 heteroatoms. The van der Waals surface area contributed by atoms with Crippen LogP contribution in [0.3, 0.4) is 0 Å². The SMILES string of the molecule is CC/C=C\C/C=C\C/C=C\CCCCCC(=O)NC(COC1OC(CO)C(OC2OC(CO)C(O)C(O)C2O)C(O)C1O)C(O)CCCCCCCCCCCCCCCCCCCCCCCCCCCCCCCCC. The second-order valence-electron chi connectivity index (χ2n) is 22.9. The molecule has 2 aliphatic heterocycles. The highest BCUT2D eigenvalue weighted by Gasteiger charge is 2.51. The van der Waals surface area contributed by atoms with Gasteiger partial charge in [-0.2, -0.15) is 0 Å². The summed E-state index contributed by atoms with van der Waals surface area (Å²) in [5, 5.41) is 87.3. The fourth-order valence-corrected chi connectivity index (χ4v) is 10.7. The third-order valence-electron chi connectivity index (χ3n) is 15.9. The first-order valence-electron chi connectivity index (χ1n) is 32.2. The van der Waals surface area contributed by atoms with E-state index in [1.165, 1.54) is 173 Å². The van der Waals surface area contributed by atoms with Gasteiger partial charge in [0.25, 0.3) is 0 Å². The minimum Gasteiger partial charge on any atom is -0.394 e. The molecule has 0 aromatic heterocycles. The second-order valence-corrected chi connectivity index (χ2v) is 22.9. The Bertz CT molecular complexity index is 1450. The van der Waals surface area contributed by atoms with Gasteiger partial charge >= 0.3 is 0 Å². The number of hydrogen-bond donors (Lipinski definition) is 9. The first-order valence-corrected chi connectivity index (χ1v) is 32.2. The Morgan fingerprint density at radius 3 is 1.35 bits per heavy atom. The third-order valence-corrected chi connectivity index (χ3v) is 15.9. The monoisotopic (exact) mass is 1110 g/mol. The molecule has 2 rings (SSSR count). The van der Waals surface area contributed by atoms with E-state index in [2.05, 4.69) is 55.6 Å². The maximum atomic E-state index is 13.2. The van der Waals surface area contributed by atoms with Crippen LogP contribution in [0.2, 0.25) is 0 Å². The summed E-state index contributed by atoms with van der Waals surface area (Å²) in [6, 6.07) is -0.844. The second kappa shape index (κ2) is 49.8. The quantitative estimate of drug-likeness (QED) is 0.0204. The zero-order chi connectivity index (χ0) is 56.7. The van der Waals surface area contributed by atoms with Crippen LogP contribution < -0.4 is 5.32 Å². The summed E-state index contributed by atoms with van der Waals surface area (Å²) in [5.74, 6) is -0.234. The Hall–Kier alpha value is -1.79. The first kappa shape index (κ1) is 72.3. The van der Waals surface area contributed by atoms with Crippen molar-refractivity contribution >= 4 is 5.91 Å². The maximum absolute atomic E-state index is 13.2. The van der Waals surface area contributed by atoms with Crippen LogP contribution in [0, 0.1) is 0 Å². The minimum absolute atomic E-state index is 0.234. The predicted octanol–water partition coefficient (Wildman–Crippen LogP) is 11.8. The van der Waals surface area contributed by atoms with Crippen LogP contribution in [0.4, 0.5) is 0 Å². The number of hydrogen-bond acceptors (Lipinski definition) is 13. The third kappa shape index (κ3) is 34.6. The molecule has 12 atom stereocenters. The number of amides is 1. The Morgan fingerprint density at radius 2 is 0.885 bits per heavy atom. The van der Waals surface area contributed by atoms with E-state index in [1.807, 2.05) is 0 Å². The number of nitrogens with one attached hydrogen (secondary N) is 1. The van der Waals surface area contributed by atoms with Crippen molar-refractivity contribution in [3.05, 3.63) is 36.5 Å². The van der Waals surface area contributed by atoms with Gasteiger partial charge in [-0.15, -0.1) is 0 Å². The summed E-state index contributed by atoms with van der Waals surface area (Å²) in [4.78, 5) is 13.2. The Balaban J connectivity index is 1.64. The topological polar surface area (TPSA) is 228 Å². The maximum Gasteiger partial charge on any atom is 0.220 e. The lowest BCUT2D eigenvalue weighted by molar-refractivity contribution is -0.359. The van der Waals surface area contributed by atoms with Gasteiger partial charge in [0.1, 0.15) is 48.8 Å². The van der Waals surface area contributed by atoms with E-state index in [0.717, 1.165) is 64.2 Å². The molecule has 0 aliphatic carbocycles. The van der Waals surface area contributed by atoms with Gasteiger partial charge in [0.15, 0.2) is 12.6 Å². The molecule has 9 N–H and O–H groups in total. The van der Waals surface area contributed by atoms with Gasteiger partial charge in [-0.3, -0.25) is 4.79 Å². The molecule has 0 saturated carbocycles. The molecule has 458 valence electrons. The number of ether oxygens (including phenoxy) is 4. The molecule has 2 saturated heterocycles. The van der Waals surface area contributed by atoms with Crippen molar-refractivity contribution in [1.29, 1.82) is 0 Å². The molecular weight excluding hydrogens is 991 g/mol. The Kier molecular flexibility index (Phi) is 46.2. The van der Waals surface area contributed by atoms with Crippen LogP contribution in [0.5, 0.6) is 0 Å². The van der Waals surface area contributed by atoms with Gasteiger partial charge in [-0.25, -0.2) is 0 Å². The fourth-order valence-electron chi connectivity index (χ4n) is 10.7. The largest absolute Gasteiger partial charge is 0.394 e. The van der Waals surface area contributed by atoms with Crippen molar-refractivity contribution in [2.24, 2.45) is 0 Å². The molecule has 78 heavy (non-hydrogen) atoms. The zero-order valence-electron chi connectivity index (χ0n) is 49.4. The van der Waals surface area contributed by atoms with E-state index in [0.29, 0.717) is 12.8 Å². The molecule has 2 fully saturated rings. The zero-order valence-corrected chi connectivity index (χ0v) is 49.4. The highest BCUT2D eigenvalue weighted by molar-refractivity contribution is 5.76. The standard InChI is InChI=1S/C64H119NO13/c1-3-5-7-9-11-13-15-17-18-19-20-21-22-23-24-25-26-27-28-29-30-31-32-33-34-36-37-39-41-43-45-47-53(68)52(65-56(69)48-46-44-42-40-38-35-16-14-12-10-8-6-4-2)51-75-63-61(74)59(72)62(55(50-67)77-63)78-64-60(73)58(71)57(70)54(49-66)76-64/h6,8,12,14,35,38,52-55,57-64,66-68,70-74H,3-5,7,9-11,13,15-34,36-37,39-51H2,1-2H3,(H,65,69)/b8-6-,14-12-,38-35-. The normalized spacial score (nSPS) is 24.7. The van der Waals surface area contributed by atoms with Crippen LogP contribution in [0.15, 0.2) is 36.5 Å². The average Bonchev–Trinajstić information content (AvgIpc) is 3.47. The molecule has 0 aromatic rings. The van der Waals surface area contributed by atoms with Crippen molar-refractivity contribution in [3.63, 3.8) is 0 Å². The number of aliphatic hydroxyl groups excluding tert-OH is 8. The number of carbonyl (C=O) groups is 1. The van der Waals surface area contributed by atoms with E-state index in [4.69, 9.17) is 18.9 Å². The van der Waals surface area contributed by atoms with E-state index in [1.54, 1.807) is 0 Å². The van der Waals surface area contributed by atoms with Gasteiger partial charge in [0.05, 0.1) is 32.0 Å². The van der Waals surface area contributed by atoms with E-state index < -0.39 is 86.8 Å². The molecule has 0 aromatic carbocycles. The molecule has 1 amide bonds. The number of allylic oxidation sites excluding steroid dienone is 6. The van der Waals surface area contributed by atoms with Crippen LogP contribution in [-0.4, -0.2) is 140 Å². The van der Waals surface area contributed by atoms with Crippen LogP contribution >= 0.6 is 0 Å². The van der Waals surface area contributed by atoms with Crippen molar-refractivity contribution in [3.8, 4) is 0 Å². The van der Waals surface area contributed by atoms with Crippen molar-refractivity contribution in [2.75, 3.05) is 19.8 Å².